The van der Waals surface area contributed by atoms with Crippen molar-refractivity contribution in [1.82, 2.24) is 20.1 Å². The van der Waals surface area contributed by atoms with Gasteiger partial charge in [0.05, 0.1) is 36.6 Å². The number of pyridine rings is 1. The van der Waals surface area contributed by atoms with E-state index in [0.717, 1.165) is 10.9 Å². The van der Waals surface area contributed by atoms with Crippen LogP contribution in [0, 0.1) is 6.92 Å². The Morgan fingerprint density at radius 2 is 1.80 bits per heavy atom. The smallest absolute Gasteiger partial charge is 0.255 e. The van der Waals surface area contributed by atoms with Gasteiger partial charge in [0.2, 0.25) is 0 Å². The highest BCUT2D eigenvalue weighted by molar-refractivity contribution is 6.02. The molecule has 0 radical (unpaired) electrons. The second-order valence-electron chi connectivity index (χ2n) is 6.75. The molecule has 0 saturated carbocycles. The molecule has 30 heavy (non-hydrogen) atoms. The predicted molar refractivity (Wildman–Crippen MR) is 113 cm³/mol. The second kappa shape index (κ2) is 8.16. The number of fused-ring (bicyclic) bond motifs is 1. The molecule has 2 aromatic carbocycles. The van der Waals surface area contributed by atoms with Gasteiger partial charge < -0.3 is 10.1 Å². The van der Waals surface area contributed by atoms with Crippen molar-refractivity contribution in [3.8, 4) is 11.6 Å². The minimum absolute atomic E-state index is 0.107. The molecule has 0 atom stereocenters. The van der Waals surface area contributed by atoms with Gasteiger partial charge in [0.15, 0.2) is 11.6 Å². The van der Waals surface area contributed by atoms with Gasteiger partial charge in [-0.25, -0.2) is 9.67 Å². The van der Waals surface area contributed by atoms with Gasteiger partial charge in [0, 0.05) is 10.9 Å². The lowest BCUT2D eigenvalue weighted by Gasteiger charge is -2.07. The Bertz CT molecular complexity index is 1230. The SMILES string of the molecule is COc1ccc(C(=O)CNC(=O)c2cnn(-c3ccc4ccccc4n3)c2C)cc1. The molecule has 0 bridgehead atoms. The van der Waals surface area contributed by atoms with Gasteiger partial charge in [-0.1, -0.05) is 18.2 Å². The molecule has 0 fully saturated rings. The summed E-state index contributed by atoms with van der Waals surface area (Å²) in [6, 6.07) is 18.4. The summed E-state index contributed by atoms with van der Waals surface area (Å²) in [5.41, 5.74) is 2.39. The maximum absolute atomic E-state index is 12.6. The lowest BCUT2D eigenvalue weighted by Crippen LogP contribution is -2.29. The number of benzene rings is 2. The van der Waals surface area contributed by atoms with Crippen molar-refractivity contribution < 1.29 is 14.3 Å². The summed E-state index contributed by atoms with van der Waals surface area (Å²) >= 11 is 0. The third-order valence-electron chi connectivity index (χ3n) is 4.88. The number of methoxy groups -OCH3 is 1. The number of ketones is 1. The quantitative estimate of drug-likeness (QED) is 0.502. The van der Waals surface area contributed by atoms with Gasteiger partial charge in [-0.3, -0.25) is 9.59 Å². The summed E-state index contributed by atoms with van der Waals surface area (Å²) in [4.78, 5) is 29.5. The normalized spacial score (nSPS) is 10.7. The van der Waals surface area contributed by atoms with E-state index in [4.69, 9.17) is 4.74 Å². The number of nitrogens with zero attached hydrogens (tertiary/aromatic N) is 3. The molecule has 4 aromatic rings. The monoisotopic (exact) mass is 400 g/mol. The Balaban J connectivity index is 1.48. The van der Waals surface area contributed by atoms with Crippen molar-refractivity contribution in [1.29, 1.82) is 0 Å². The number of hydrogen-bond donors (Lipinski definition) is 1. The number of nitrogens with one attached hydrogen (secondary N) is 1. The highest BCUT2D eigenvalue weighted by Gasteiger charge is 2.17. The van der Waals surface area contributed by atoms with Crippen LogP contribution in [-0.4, -0.2) is 40.1 Å². The molecule has 4 rings (SSSR count). The average molecular weight is 400 g/mol. The van der Waals surface area contributed by atoms with Crippen LogP contribution in [0.15, 0.2) is 66.9 Å². The molecule has 1 amide bonds. The summed E-state index contributed by atoms with van der Waals surface area (Å²) in [6.07, 6.45) is 1.49. The van der Waals surface area contributed by atoms with Crippen LogP contribution in [0.3, 0.4) is 0 Å². The molecule has 0 aliphatic heterocycles. The van der Waals surface area contributed by atoms with Gasteiger partial charge in [0.1, 0.15) is 5.75 Å². The number of carbonyl (C=O) groups is 2. The number of ether oxygens (including phenoxy) is 1. The average Bonchev–Trinajstić information content (AvgIpc) is 3.18. The summed E-state index contributed by atoms with van der Waals surface area (Å²) in [5, 5.41) is 8.01. The highest BCUT2D eigenvalue weighted by atomic mass is 16.5. The number of aromatic nitrogens is 3. The first-order chi connectivity index (χ1) is 14.6. The van der Waals surface area contributed by atoms with Gasteiger partial charge >= 0.3 is 0 Å². The van der Waals surface area contributed by atoms with E-state index in [0.29, 0.717) is 28.4 Å². The van der Waals surface area contributed by atoms with E-state index in [9.17, 15) is 9.59 Å². The molecule has 7 nitrogen and oxygen atoms in total. The number of rotatable bonds is 6. The van der Waals surface area contributed by atoms with Crippen LogP contribution in [-0.2, 0) is 0 Å². The highest BCUT2D eigenvalue weighted by Crippen LogP contribution is 2.17. The first-order valence-corrected chi connectivity index (χ1v) is 9.43. The molecule has 150 valence electrons. The maximum atomic E-state index is 12.6. The van der Waals surface area contributed by atoms with E-state index in [1.807, 2.05) is 36.4 Å². The Morgan fingerprint density at radius 1 is 1.03 bits per heavy atom. The predicted octanol–water partition coefficient (Wildman–Crippen LogP) is 3.35. The summed E-state index contributed by atoms with van der Waals surface area (Å²) < 4.78 is 6.70. The number of amides is 1. The fourth-order valence-corrected chi connectivity index (χ4v) is 3.17. The number of Topliss-reactive ketones (excluding diaryl/α,β-unsaturated/α-hetero) is 1. The minimum Gasteiger partial charge on any atom is -0.497 e. The van der Waals surface area contributed by atoms with Crippen LogP contribution in [0.25, 0.3) is 16.7 Å². The molecule has 0 aliphatic carbocycles. The third kappa shape index (κ3) is 3.77. The molecule has 7 heteroatoms. The molecule has 0 aliphatic rings. The minimum atomic E-state index is -0.360. The molecule has 1 N–H and O–H groups in total. The molecule has 2 heterocycles. The first-order valence-electron chi connectivity index (χ1n) is 9.43. The van der Waals surface area contributed by atoms with E-state index in [2.05, 4.69) is 15.4 Å². The Labute approximate surface area is 173 Å². The summed E-state index contributed by atoms with van der Waals surface area (Å²) in [7, 11) is 1.56. The zero-order chi connectivity index (χ0) is 21.1. The van der Waals surface area contributed by atoms with Crippen molar-refractivity contribution in [2.75, 3.05) is 13.7 Å². The fraction of sp³-hybridized carbons (Fsp3) is 0.130. The van der Waals surface area contributed by atoms with E-state index < -0.39 is 0 Å². The Morgan fingerprint density at radius 3 is 2.57 bits per heavy atom. The van der Waals surface area contributed by atoms with Crippen molar-refractivity contribution >= 4 is 22.6 Å². The van der Waals surface area contributed by atoms with Crippen LogP contribution in [0.4, 0.5) is 0 Å². The molecule has 0 unspecified atom stereocenters. The summed E-state index contributed by atoms with van der Waals surface area (Å²) in [6.45, 7) is 1.69. The fourth-order valence-electron chi connectivity index (χ4n) is 3.17. The van der Waals surface area contributed by atoms with Crippen LogP contribution in [0.1, 0.15) is 26.4 Å². The second-order valence-corrected chi connectivity index (χ2v) is 6.75. The Hall–Kier alpha value is -4.00. The van der Waals surface area contributed by atoms with Gasteiger partial charge in [0.25, 0.3) is 5.91 Å². The molecule has 0 saturated heterocycles. The molecule has 2 aromatic heterocycles. The van der Waals surface area contributed by atoms with Crippen LogP contribution in [0.5, 0.6) is 5.75 Å². The summed E-state index contributed by atoms with van der Waals surface area (Å²) in [5.74, 6) is 0.745. The molecule has 0 spiro atoms. The van der Waals surface area contributed by atoms with Crippen molar-refractivity contribution in [3.05, 3.63) is 83.7 Å². The van der Waals surface area contributed by atoms with Gasteiger partial charge in [-0.05, 0) is 49.4 Å². The third-order valence-corrected chi connectivity index (χ3v) is 4.88. The first kappa shape index (κ1) is 19.3. The van der Waals surface area contributed by atoms with Crippen molar-refractivity contribution in [2.24, 2.45) is 0 Å². The van der Waals surface area contributed by atoms with Gasteiger partial charge in [-0.2, -0.15) is 5.10 Å². The largest absolute Gasteiger partial charge is 0.497 e. The maximum Gasteiger partial charge on any atom is 0.255 e. The van der Waals surface area contributed by atoms with Gasteiger partial charge in [-0.15, -0.1) is 0 Å². The lowest BCUT2D eigenvalue weighted by molar-refractivity contribution is 0.0903. The topological polar surface area (TPSA) is 86.1 Å². The number of carbonyl (C=O) groups excluding carboxylic acids is 2. The van der Waals surface area contributed by atoms with Crippen LogP contribution in [0.2, 0.25) is 0 Å². The molecular weight excluding hydrogens is 380 g/mol. The van der Waals surface area contributed by atoms with E-state index in [-0.39, 0.29) is 18.2 Å². The van der Waals surface area contributed by atoms with Crippen molar-refractivity contribution in [3.63, 3.8) is 0 Å². The zero-order valence-corrected chi connectivity index (χ0v) is 16.6. The van der Waals surface area contributed by atoms with Crippen LogP contribution >= 0.6 is 0 Å². The van der Waals surface area contributed by atoms with E-state index in [1.54, 1.807) is 43.0 Å². The molecular formula is C23H20N4O3. The number of para-hydroxylation sites is 1. The standard InChI is InChI=1S/C23H20N4O3/c1-15-19(23(29)24-14-21(28)17-7-10-18(30-2)11-8-17)13-25-27(15)22-12-9-16-5-3-4-6-20(16)26-22/h3-13H,14H2,1-2H3,(H,24,29). The van der Waals surface area contributed by atoms with Crippen molar-refractivity contribution in [2.45, 2.75) is 6.92 Å². The Kier molecular flexibility index (Phi) is 5.26. The van der Waals surface area contributed by atoms with E-state index in [1.165, 1.54) is 6.20 Å². The van der Waals surface area contributed by atoms with Crippen LogP contribution < -0.4 is 10.1 Å². The number of hydrogen-bond acceptors (Lipinski definition) is 5. The lowest BCUT2D eigenvalue weighted by atomic mass is 10.1. The zero-order valence-electron chi connectivity index (χ0n) is 16.6. The van der Waals surface area contributed by atoms with E-state index >= 15 is 0 Å².